The topological polar surface area (TPSA) is 46.2 Å². The fourth-order valence-electron chi connectivity index (χ4n) is 1.93. The van der Waals surface area contributed by atoms with Crippen molar-refractivity contribution in [3.8, 4) is 0 Å². The second-order valence-corrected chi connectivity index (χ2v) is 7.73. The van der Waals surface area contributed by atoms with Crippen LogP contribution in [0.5, 0.6) is 0 Å². The van der Waals surface area contributed by atoms with E-state index in [0.717, 1.165) is 18.9 Å². The molecule has 0 bridgehead atoms. The van der Waals surface area contributed by atoms with Crippen LogP contribution in [-0.2, 0) is 10.0 Å². The Bertz CT molecular complexity index is 549. The van der Waals surface area contributed by atoms with Gasteiger partial charge in [0.1, 0.15) is 10.7 Å². The van der Waals surface area contributed by atoms with Crippen LogP contribution in [0.3, 0.4) is 0 Å². The molecular weight excluding hydrogens is 369 g/mol. The van der Waals surface area contributed by atoms with Crippen molar-refractivity contribution in [2.75, 3.05) is 6.54 Å². The maximum absolute atomic E-state index is 13.7. The molecule has 0 heterocycles. The van der Waals surface area contributed by atoms with Crippen LogP contribution in [0.4, 0.5) is 4.39 Å². The summed E-state index contributed by atoms with van der Waals surface area (Å²) in [7, 11) is -3.88. The molecule has 0 amide bonds. The third-order valence-corrected chi connectivity index (χ3v) is 5.67. The highest BCUT2D eigenvalue weighted by atomic mass is 79.9. The van der Waals surface area contributed by atoms with Gasteiger partial charge in [0.25, 0.3) is 0 Å². The average Bonchev–Trinajstić information content (AvgIpc) is 2.37. The van der Waals surface area contributed by atoms with Gasteiger partial charge in [0.05, 0.1) is 0 Å². The predicted octanol–water partition coefficient (Wildman–Crippen LogP) is 3.91. The third kappa shape index (κ3) is 4.69. The zero-order valence-electron chi connectivity index (χ0n) is 11.4. The summed E-state index contributed by atoms with van der Waals surface area (Å²) < 4.78 is 40.6. The lowest BCUT2D eigenvalue weighted by atomic mass is 9.99. The molecule has 1 aromatic rings. The summed E-state index contributed by atoms with van der Waals surface area (Å²) in [5.41, 5.74) is 0. The number of hydrogen-bond donors (Lipinski definition) is 1. The number of halogens is 3. The molecule has 0 saturated heterocycles. The molecule has 20 heavy (non-hydrogen) atoms. The lowest BCUT2D eigenvalue weighted by Crippen LogP contribution is -2.33. The number of alkyl halides is 1. The summed E-state index contributed by atoms with van der Waals surface area (Å²) in [4.78, 5) is -0.367. The smallest absolute Gasteiger partial charge is 0.210 e. The van der Waals surface area contributed by atoms with E-state index in [0.29, 0.717) is 4.47 Å². The number of rotatable bonds is 7. The normalized spacial score (nSPS) is 13.7. The van der Waals surface area contributed by atoms with Crippen molar-refractivity contribution in [2.45, 2.75) is 37.0 Å². The van der Waals surface area contributed by atoms with Crippen LogP contribution in [-0.4, -0.2) is 20.3 Å². The van der Waals surface area contributed by atoms with Crippen LogP contribution in [0.2, 0.25) is 0 Å². The lowest BCUT2D eigenvalue weighted by molar-refractivity contribution is 0.459. The van der Waals surface area contributed by atoms with Gasteiger partial charge in [-0.1, -0.05) is 42.6 Å². The van der Waals surface area contributed by atoms with Gasteiger partial charge in [-0.25, -0.2) is 17.5 Å². The molecule has 1 atom stereocenters. The molecule has 0 aliphatic heterocycles. The number of nitrogens with one attached hydrogen (secondary N) is 1. The van der Waals surface area contributed by atoms with Crippen LogP contribution in [0.25, 0.3) is 0 Å². The minimum absolute atomic E-state index is 0.0890. The fraction of sp³-hybridized carbons (Fsp3) is 0.538. The zero-order chi connectivity index (χ0) is 15.3. The molecule has 0 aliphatic rings. The fourth-order valence-corrected chi connectivity index (χ4v) is 3.90. The maximum atomic E-state index is 13.7. The third-order valence-electron chi connectivity index (χ3n) is 3.21. The molecule has 0 radical (unpaired) electrons. The summed E-state index contributed by atoms with van der Waals surface area (Å²) in [5.74, 6) is -0.560. The van der Waals surface area contributed by atoms with Crippen molar-refractivity contribution in [2.24, 2.45) is 5.92 Å². The highest BCUT2D eigenvalue weighted by Crippen LogP contribution is 2.21. The molecule has 0 aromatic heterocycles. The van der Waals surface area contributed by atoms with Crippen molar-refractivity contribution < 1.29 is 12.8 Å². The van der Waals surface area contributed by atoms with Crippen LogP contribution in [0, 0.1) is 11.7 Å². The Morgan fingerprint density at radius 3 is 2.45 bits per heavy atom. The molecule has 0 saturated carbocycles. The molecule has 0 spiro atoms. The van der Waals surface area contributed by atoms with Crippen LogP contribution < -0.4 is 4.72 Å². The zero-order valence-corrected chi connectivity index (χ0v) is 14.5. The quantitative estimate of drug-likeness (QED) is 0.722. The molecule has 3 nitrogen and oxygen atoms in total. The van der Waals surface area contributed by atoms with E-state index in [1.165, 1.54) is 12.1 Å². The van der Waals surface area contributed by atoms with Gasteiger partial charge in [0.2, 0.25) is 10.0 Å². The first-order valence-electron chi connectivity index (χ1n) is 6.40. The maximum Gasteiger partial charge on any atom is 0.243 e. The summed E-state index contributed by atoms with van der Waals surface area (Å²) >= 11 is 9.26. The standard InChI is InChI=1S/C13H18BrClFNO2S/c1-3-9(4-2)11(15)8-17-20(18,19)13-6-5-10(14)7-12(13)16/h5-7,9,11,17H,3-4,8H2,1-2H3. The van der Waals surface area contributed by atoms with Gasteiger partial charge in [0, 0.05) is 16.4 Å². The van der Waals surface area contributed by atoms with E-state index < -0.39 is 15.8 Å². The molecular formula is C13H18BrClFNO2S. The summed E-state index contributed by atoms with van der Waals surface area (Å²) in [5, 5.41) is -0.307. The molecule has 114 valence electrons. The van der Waals surface area contributed by atoms with E-state index in [2.05, 4.69) is 20.7 Å². The highest BCUT2D eigenvalue weighted by molar-refractivity contribution is 9.10. The monoisotopic (exact) mass is 385 g/mol. The van der Waals surface area contributed by atoms with Gasteiger partial charge < -0.3 is 0 Å². The van der Waals surface area contributed by atoms with Gasteiger partial charge >= 0.3 is 0 Å². The number of sulfonamides is 1. The largest absolute Gasteiger partial charge is 0.243 e. The SMILES string of the molecule is CCC(CC)C(Cl)CNS(=O)(=O)c1ccc(Br)cc1F. The summed E-state index contributed by atoms with van der Waals surface area (Å²) in [6, 6.07) is 3.83. The van der Waals surface area contributed by atoms with E-state index in [-0.39, 0.29) is 22.7 Å². The van der Waals surface area contributed by atoms with E-state index in [9.17, 15) is 12.8 Å². The summed E-state index contributed by atoms with van der Waals surface area (Å²) in [6.07, 6.45) is 1.75. The van der Waals surface area contributed by atoms with Crippen molar-refractivity contribution in [1.29, 1.82) is 0 Å². The predicted molar refractivity (Wildman–Crippen MR) is 83.0 cm³/mol. The molecule has 1 aromatic carbocycles. The van der Waals surface area contributed by atoms with Crippen molar-refractivity contribution >= 4 is 37.6 Å². The second kappa shape index (κ2) is 7.73. The second-order valence-electron chi connectivity index (χ2n) is 4.52. The van der Waals surface area contributed by atoms with Crippen LogP contribution >= 0.6 is 27.5 Å². The van der Waals surface area contributed by atoms with Crippen molar-refractivity contribution in [3.63, 3.8) is 0 Å². The minimum Gasteiger partial charge on any atom is -0.210 e. The minimum atomic E-state index is -3.88. The Morgan fingerprint density at radius 2 is 1.95 bits per heavy atom. The molecule has 1 unspecified atom stereocenters. The van der Waals surface area contributed by atoms with Gasteiger partial charge in [-0.2, -0.15) is 0 Å². The molecule has 1 rings (SSSR count). The highest BCUT2D eigenvalue weighted by Gasteiger charge is 2.22. The van der Waals surface area contributed by atoms with E-state index >= 15 is 0 Å². The Hall–Kier alpha value is -0.170. The Kier molecular flexibility index (Phi) is 6.91. The lowest BCUT2D eigenvalue weighted by Gasteiger charge is -2.19. The Morgan fingerprint density at radius 1 is 1.35 bits per heavy atom. The molecule has 7 heteroatoms. The van der Waals surface area contributed by atoms with Gasteiger partial charge in [-0.15, -0.1) is 11.6 Å². The Labute approximate surface area is 133 Å². The number of hydrogen-bond acceptors (Lipinski definition) is 2. The van der Waals surface area contributed by atoms with Gasteiger partial charge in [-0.05, 0) is 24.1 Å². The first kappa shape index (κ1) is 17.9. The van der Waals surface area contributed by atoms with Crippen LogP contribution in [0.1, 0.15) is 26.7 Å². The van der Waals surface area contributed by atoms with E-state index in [1.807, 2.05) is 13.8 Å². The molecule has 0 fully saturated rings. The number of benzene rings is 1. The average molecular weight is 387 g/mol. The van der Waals surface area contributed by atoms with Crippen molar-refractivity contribution in [1.82, 2.24) is 4.72 Å². The molecule has 0 aliphatic carbocycles. The first-order valence-corrected chi connectivity index (χ1v) is 9.11. The van der Waals surface area contributed by atoms with Gasteiger partial charge in [0.15, 0.2) is 0 Å². The van der Waals surface area contributed by atoms with Gasteiger partial charge in [-0.3, -0.25) is 0 Å². The first-order chi connectivity index (χ1) is 9.31. The molecule has 1 N–H and O–H groups in total. The van der Waals surface area contributed by atoms with E-state index in [1.54, 1.807) is 0 Å². The Balaban J connectivity index is 2.80. The van der Waals surface area contributed by atoms with Crippen LogP contribution in [0.15, 0.2) is 27.6 Å². The van der Waals surface area contributed by atoms with E-state index in [4.69, 9.17) is 11.6 Å². The summed E-state index contributed by atoms with van der Waals surface area (Å²) in [6.45, 7) is 4.10. The van der Waals surface area contributed by atoms with Crippen molar-refractivity contribution in [3.05, 3.63) is 28.5 Å².